The van der Waals surface area contributed by atoms with Gasteiger partial charge < -0.3 is 20.1 Å². The summed E-state index contributed by atoms with van der Waals surface area (Å²) in [6.45, 7) is 3.19. The molecule has 3 atom stereocenters. The normalized spacial score (nSPS) is 25.2. The Labute approximate surface area is 144 Å². The molecule has 1 saturated heterocycles. The average Bonchev–Trinajstić information content (AvgIpc) is 3.42. The predicted octanol–water partition coefficient (Wildman–Crippen LogP) is 2.43. The van der Waals surface area contributed by atoms with Gasteiger partial charge in [-0.3, -0.25) is 0 Å². The van der Waals surface area contributed by atoms with E-state index in [1.165, 1.54) is 18.4 Å². The highest BCUT2D eigenvalue weighted by molar-refractivity contribution is 5.74. The van der Waals surface area contributed by atoms with E-state index in [-0.39, 0.29) is 18.0 Å². The van der Waals surface area contributed by atoms with Crippen LogP contribution in [0, 0.1) is 11.8 Å². The molecule has 24 heavy (non-hydrogen) atoms. The van der Waals surface area contributed by atoms with E-state index in [1.54, 1.807) is 12.0 Å². The van der Waals surface area contributed by atoms with Crippen LogP contribution < -0.4 is 10.1 Å². The summed E-state index contributed by atoms with van der Waals surface area (Å²) in [5, 5.41) is 13.2. The van der Waals surface area contributed by atoms with Gasteiger partial charge in [-0.2, -0.15) is 0 Å². The van der Waals surface area contributed by atoms with Crippen LogP contribution in [0.5, 0.6) is 5.75 Å². The molecule has 0 radical (unpaired) electrons. The van der Waals surface area contributed by atoms with Crippen LogP contribution in [0.25, 0.3) is 0 Å². The van der Waals surface area contributed by atoms with E-state index in [2.05, 4.69) is 11.4 Å². The molecular weight excluding hydrogens is 304 g/mol. The summed E-state index contributed by atoms with van der Waals surface area (Å²) >= 11 is 0. The second-order valence-corrected chi connectivity index (χ2v) is 7.23. The Morgan fingerprint density at radius 2 is 2.21 bits per heavy atom. The van der Waals surface area contributed by atoms with Gasteiger partial charge in [0.2, 0.25) is 0 Å². The predicted molar refractivity (Wildman–Crippen MR) is 93.1 cm³/mol. The minimum atomic E-state index is -0.415. The molecule has 1 heterocycles. The van der Waals surface area contributed by atoms with Crippen molar-refractivity contribution in [2.75, 3.05) is 20.2 Å². The smallest absolute Gasteiger partial charge is 0.317 e. The van der Waals surface area contributed by atoms with Crippen LogP contribution >= 0.6 is 0 Å². The first-order chi connectivity index (χ1) is 11.6. The summed E-state index contributed by atoms with van der Waals surface area (Å²) < 4.78 is 5.29. The third-order valence-corrected chi connectivity index (χ3v) is 5.30. The van der Waals surface area contributed by atoms with Crippen LogP contribution in [-0.4, -0.2) is 48.4 Å². The van der Waals surface area contributed by atoms with Crippen LogP contribution in [0.4, 0.5) is 4.79 Å². The van der Waals surface area contributed by atoms with Gasteiger partial charge in [0.25, 0.3) is 0 Å². The highest BCUT2D eigenvalue weighted by atomic mass is 16.5. The fourth-order valence-corrected chi connectivity index (χ4v) is 3.37. The third kappa shape index (κ3) is 4.20. The number of methoxy groups -OCH3 is 1. The number of likely N-dealkylation sites (tertiary alicyclic amines) is 1. The summed E-state index contributed by atoms with van der Waals surface area (Å²) in [7, 11) is 1.67. The van der Waals surface area contributed by atoms with E-state index >= 15 is 0 Å². The lowest BCUT2D eigenvalue weighted by Gasteiger charge is -2.35. The van der Waals surface area contributed by atoms with E-state index in [0.29, 0.717) is 12.5 Å². The van der Waals surface area contributed by atoms with Gasteiger partial charge >= 0.3 is 6.03 Å². The number of benzene rings is 1. The maximum Gasteiger partial charge on any atom is 0.317 e. The minimum Gasteiger partial charge on any atom is -0.497 e. The van der Waals surface area contributed by atoms with E-state index in [9.17, 15) is 9.90 Å². The van der Waals surface area contributed by atoms with Gasteiger partial charge in [0, 0.05) is 19.1 Å². The number of amides is 2. The van der Waals surface area contributed by atoms with E-state index in [1.807, 2.05) is 25.1 Å². The molecule has 2 N–H and O–H groups in total. The Bertz CT molecular complexity index is 573. The number of carbonyl (C=O) groups excluding carboxylic acids is 1. The van der Waals surface area contributed by atoms with Crippen LogP contribution in [0.15, 0.2) is 24.3 Å². The monoisotopic (exact) mass is 332 g/mol. The van der Waals surface area contributed by atoms with Gasteiger partial charge in [0.05, 0.1) is 13.2 Å². The van der Waals surface area contributed by atoms with Gasteiger partial charge in [-0.25, -0.2) is 4.79 Å². The fraction of sp³-hybridized carbons (Fsp3) is 0.632. The number of aliphatic hydroxyl groups excluding tert-OH is 1. The molecule has 2 amide bonds. The van der Waals surface area contributed by atoms with Gasteiger partial charge in [-0.05, 0) is 55.2 Å². The molecule has 1 aromatic carbocycles. The molecule has 2 aliphatic rings. The first-order valence-corrected chi connectivity index (χ1v) is 8.93. The molecule has 0 bridgehead atoms. The van der Waals surface area contributed by atoms with E-state index in [0.717, 1.165) is 25.1 Å². The van der Waals surface area contributed by atoms with Crippen molar-refractivity contribution in [1.82, 2.24) is 10.2 Å². The topological polar surface area (TPSA) is 61.8 Å². The van der Waals surface area contributed by atoms with Gasteiger partial charge in [0.15, 0.2) is 0 Å². The molecule has 5 heteroatoms. The Balaban J connectivity index is 1.60. The number of hydrogen-bond donors (Lipinski definition) is 2. The first-order valence-electron chi connectivity index (χ1n) is 8.93. The van der Waals surface area contributed by atoms with Crippen LogP contribution in [0.3, 0.4) is 0 Å². The zero-order valence-electron chi connectivity index (χ0n) is 14.6. The second kappa shape index (κ2) is 7.43. The Morgan fingerprint density at radius 1 is 1.42 bits per heavy atom. The van der Waals surface area contributed by atoms with Crippen LogP contribution in [-0.2, 0) is 6.42 Å². The summed E-state index contributed by atoms with van der Waals surface area (Å²) in [6, 6.07) is 8.15. The van der Waals surface area contributed by atoms with Gasteiger partial charge in [-0.15, -0.1) is 0 Å². The third-order valence-electron chi connectivity index (χ3n) is 5.30. The Morgan fingerprint density at radius 3 is 2.88 bits per heavy atom. The molecule has 3 rings (SSSR count). The molecule has 2 fully saturated rings. The number of ether oxygens (including phenoxy) is 1. The SMILES string of the molecule is COc1cccc(CC(NC(=O)N2CCC(C)C(O)C2)C2CC2)c1. The lowest BCUT2D eigenvalue weighted by molar-refractivity contribution is 0.0428. The lowest BCUT2D eigenvalue weighted by Crippen LogP contribution is -2.52. The summed E-state index contributed by atoms with van der Waals surface area (Å²) in [5.74, 6) is 1.68. The van der Waals surface area contributed by atoms with Crippen molar-refractivity contribution in [3.05, 3.63) is 29.8 Å². The van der Waals surface area contributed by atoms with Crippen LogP contribution in [0.2, 0.25) is 0 Å². The van der Waals surface area contributed by atoms with Crippen molar-refractivity contribution < 1.29 is 14.6 Å². The van der Waals surface area contributed by atoms with Crippen molar-refractivity contribution in [2.45, 2.75) is 44.8 Å². The molecule has 1 aliphatic carbocycles. The molecule has 0 aromatic heterocycles. The maximum atomic E-state index is 12.6. The minimum absolute atomic E-state index is 0.0410. The van der Waals surface area contributed by atoms with Crippen molar-refractivity contribution >= 4 is 6.03 Å². The molecule has 0 spiro atoms. The average molecular weight is 332 g/mol. The van der Waals surface area contributed by atoms with Crippen molar-refractivity contribution in [3.8, 4) is 5.75 Å². The number of carbonyl (C=O) groups is 1. The molecule has 1 aromatic rings. The highest BCUT2D eigenvalue weighted by Crippen LogP contribution is 2.34. The molecule has 132 valence electrons. The van der Waals surface area contributed by atoms with Crippen molar-refractivity contribution in [1.29, 1.82) is 0 Å². The molecular formula is C19H28N2O3. The number of β-amino-alcohol motifs (C(OH)–C–C–N with tert-alkyl or cyclic N) is 1. The number of nitrogens with zero attached hydrogens (tertiary/aromatic N) is 1. The summed E-state index contributed by atoms with van der Waals surface area (Å²) in [4.78, 5) is 14.3. The number of urea groups is 1. The fourth-order valence-electron chi connectivity index (χ4n) is 3.37. The van der Waals surface area contributed by atoms with E-state index in [4.69, 9.17) is 4.74 Å². The summed E-state index contributed by atoms with van der Waals surface area (Å²) in [5.41, 5.74) is 1.18. The maximum absolute atomic E-state index is 12.6. The molecule has 1 aliphatic heterocycles. The molecule has 1 saturated carbocycles. The zero-order valence-corrected chi connectivity index (χ0v) is 14.6. The summed E-state index contributed by atoms with van der Waals surface area (Å²) in [6.07, 6.45) is 3.62. The van der Waals surface area contributed by atoms with Crippen molar-refractivity contribution in [2.24, 2.45) is 11.8 Å². The van der Waals surface area contributed by atoms with Crippen LogP contribution in [0.1, 0.15) is 31.7 Å². The number of rotatable bonds is 5. The Kier molecular flexibility index (Phi) is 5.29. The number of hydrogen-bond acceptors (Lipinski definition) is 3. The highest BCUT2D eigenvalue weighted by Gasteiger charge is 2.34. The Hall–Kier alpha value is -1.75. The molecule has 5 nitrogen and oxygen atoms in total. The zero-order chi connectivity index (χ0) is 17.1. The number of nitrogens with one attached hydrogen (secondary N) is 1. The second-order valence-electron chi connectivity index (χ2n) is 7.23. The number of piperidine rings is 1. The first kappa shape index (κ1) is 17.1. The lowest BCUT2D eigenvalue weighted by atomic mass is 9.96. The quantitative estimate of drug-likeness (QED) is 0.870. The largest absolute Gasteiger partial charge is 0.497 e. The van der Waals surface area contributed by atoms with Crippen molar-refractivity contribution in [3.63, 3.8) is 0 Å². The van der Waals surface area contributed by atoms with E-state index < -0.39 is 6.10 Å². The van der Waals surface area contributed by atoms with Gasteiger partial charge in [-0.1, -0.05) is 19.1 Å². The standard InChI is InChI=1S/C19H28N2O3/c1-13-8-9-21(12-18(13)22)19(23)20-17(15-6-7-15)11-14-4-3-5-16(10-14)24-2/h3-5,10,13,15,17-18,22H,6-9,11-12H2,1-2H3,(H,20,23). The van der Waals surface area contributed by atoms with Gasteiger partial charge in [0.1, 0.15) is 5.75 Å². The molecule has 3 unspecified atom stereocenters. The number of aliphatic hydroxyl groups is 1.